The first-order valence-electron chi connectivity index (χ1n) is 8.24. The van der Waals surface area contributed by atoms with Crippen LogP contribution in [0.1, 0.15) is 37.1 Å². The van der Waals surface area contributed by atoms with Gasteiger partial charge in [-0.05, 0) is 37.1 Å². The molecule has 1 aliphatic rings. The van der Waals surface area contributed by atoms with Gasteiger partial charge in [-0.1, -0.05) is 12.8 Å². The summed E-state index contributed by atoms with van der Waals surface area (Å²) in [4.78, 5) is 16.4. The third-order valence-corrected chi connectivity index (χ3v) is 5.32. The van der Waals surface area contributed by atoms with Crippen LogP contribution in [0.4, 0.5) is 4.39 Å². The topological polar surface area (TPSA) is 62.2 Å². The van der Waals surface area contributed by atoms with Crippen LogP contribution < -0.4 is 5.32 Å². The molecule has 4 nitrogen and oxygen atoms in total. The first-order valence-corrected chi connectivity index (χ1v) is 9.11. The quantitative estimate of drug-likeness (QED) is 0.842. The number of nitrogens with zero attached hydrogens (tertiary/aromatic N) is 1. The summed E-state index contributed by atoms with van der Waals surface area (Å²) >= 11 is 1.50. The molecule has 0 bridgehead atoms. The third kappa shape index (κ3) is 4.39. The number of carbonyl (C=O) groups is 1. The standard InChI is InChI=1S/C18H21FN2O2S/c19-14-5-3-13(4-6-14)15-11-24-17(21-15)8-7-16(22)20-12-18(23)9-1-2-10-18/h3-6,11,23H,1-2,7-10,12H2,(H,20,22). The predicted molar refractivity (Wildman–Crippen MR) is 92.3 cm³/mol. The molecule has 1 aromatic heterocycles. The van der Waals surface area contributed by atoms with E-state index in [0.29, 0.717) is 19.4 Å². The van der Waals surface area contributed by atoms with Crippen molar-refractivity contribution in [3.63, 3.8) is 0 Å². The summed E-state index contributed by atoms with van der Waals surface area (Å²) in [6.45, 7) is 0.338. The van der Waals surface area contributed by atoms with E-state index in [-0.39, 0.29) is 11.7 Å². The highest BCUT2D eigenvalue weighted by Crippen LogP contribution is 2.28. The molecule has 0 saturated heterocycles. The van der Waals surface area contributed by atoms with Gasteiger partial charge in [0.05, 0.1) is 16.3 Å². The normalized spacial score (nSPS) is 16.2. The fourth-order valence-electron chi connectivity index (χ4n) is 2.96. The van der Waals surface area contributed by atoms with Crippen LogP contribution in [-0.2, 0) is 11.2 Å². The van der Waals surface area contributed by atoms with Gasteiger partial charge in [0.15, 0.2) is 0 Å². The summed E-state index contributed by atoms with van der Waals surface area (Å²) in [6, 6.07) is 6.22. The molecule has 1 aliphatic carbocycles. The molecule has 0 atom stereocenters. The average molecular weight is 348 g/mol. The lowest BCUT2D eigenvalue weighted by Crippen LogP contribution is -2.40. The molecule has 0 aliphatic heterocycles. The molecule has 1 heterocycles. The molecular formula is C18H21FN2O2S. The number of amides is 1. The summed E-state index contributed by atoms with van der Waals surface area (Å²) in [7, 11) is 0. The van der Waals surface area contributed by atoms with Crippen molar-refractivity contribution in [2.75, 3.05) is 6.54 Å². The van der Waals surface area contributed by atoms with E-state index < -0.39 is 5.60 Å². The fourth-order valence-corrected chi connectivity index (χ4v) is 3.77. The Morgan fingerprint density at radius 1 is 1.29 bits per heavy atom. The van der Waals surface area contributed by atoms with Crippen molar-refractivity contribution in [1.29, 1.82) is 0 Å². The average Bonchev–Trinajstić information content (AvgIpc) is 3.22. The summed E-state index contributed by atoms with van der Waals surface area (Å²) in [6.07, 6.45) is 4.50. The zero-order valence-electron chi connectivity index (χ0n) is 13.4. The maximum Gasteiger partial charge on any atom is 0.220 e. The molecular weight excluding hydrogens is 327 g/mol. The molecule has 3 rings (SSSR count). The predicted octanol–water partition coefficient (Wildman–Crippen LogP) is 3.30. The highest BCUT2D eigenvalue weighted by molar-refractivity contribution is 7.09. The second-order valence-corrected chi connectivity index (χ2v) is 7.28. The molecule has 1 saturated carbocycles. The van der Waals surface area contributed by atoms with E-state index in [2.05, 4.69) is 10.3 Å². The van der Waals surface area contributed by atoms with Crippen molar-refractivity contribution in [3.05, 3.63) is 40.5 Å². The van der Waals surface area contributed by atoms with Crippen molar-refractivity contribution >= 4 is 17.2 Å². The van der Waals surface area contributed by atoms with Crippen LogP contribution in [0.5, 0.6) is 0 Å². The number of aryl methyl sites for hydroxylation is 1. The first kappa shape index (κ1) is 17.0. The van der Waals surface area contributed by atoms with Crippen LogP contribution >= 0.6 is 11.3 Å². The second-order valence-electron chi connectivity index (χ2n) is 6.34. The number of aliphatic hydroxyl groups is 1. The van der Waals surface area contributed by atoms with Gasteiger partial charge < -0.3 is 10.4 Å². The Labute approximate surface area is 144 Å². The highest BCUT2D eigenvalue weighted by Gasteiger charge is 2.31. The minimum Gasteiger partial charge on any atom is -0.388 e. The van der Waals surface area contributed by atoms with E-state index in [1.54, 1.807) is 12.1 Å². The molecule has 24 heavy (non-hydrogen) atoms. The second kappa shape index (κ2) is 7.40. The maximum absolute atomic E-state index is 12.9. The Hall–Kier alpha value is -1.79. The number of nitrogens with one attached hydrogen (secondary N) is 1. The van der Waals surface area contributed by atoms with Gasteiger partial charge in [0.1, 0.15) is 5.82 Å². The van der Waals surface area contributed by atoms with Crippen molar-refractivity contribution in [1.82, 2.24) is 10.3 Å². The number of rotatable bonds is 6. The molecule has 2 aromatic rings. The van der Waals surface area contributed by atoms with Gasteiger partial charge in [-0.2, -0.15) is 0 Å². The molecule has 128 valence electrons. The molecule has 1 fully saturated rings. The molecule has 0 spiro atoms. The molecule has 2 N–H and O–H groups in total. The maximum atomic E-state index is 12.9. The fraction of sp³-hybridized carbons (Fsp3) is 0.444. The number of hydrogen-bond acceptors (Lipinski definition) is 4. The van der Waals surface area contributed by atoms with Crippen LogP contribution in [0.3, 0.4) is 0 Å². The van der Waals surface area contributed by atoms with E-state index in [4.69, 9.17) is 0 Å². The summed E-state index contributed by atoms with van der Waals surface area (Å²) in [5, 5.41) is 15.8. The summed E-state index contributed by atoms with van der Waals surface area (Å²) in [5.41, 5.74) is 0.953. The zero-order valence-corrected chi connectivity index (χ0v) is 14.2. The minimum atomic E-state index is -0.716. The van der Waals surface area contributed by atoms with Crippen LogP contribution in [0, 0.1) is 5.82 Å². The minimum absolute atomic E-state index is 0.0612. The van der Waals surface area contributed by atoms with Gasteiger partial charge in [-0.25, -0.2) is 9.37 Å². The van der Waals surface area contributed by atoms with Crippen molar-refractivity contribution in [3.8, 4) is 11.3 Å². The van der Waals surface area contributed by atoms with Gasteiger partial charge in [0.25, 0.3) is 0 Å². The smallest absolute Gasteiger partial charge is 0.220 e. The number of benzene rings is 1. The Kier molecular flexibility index (Phi) is 5.26. The van der Waals surface area contributed by atoms with E-state index in [1.807, 2.05) is 5.38 Å². The highest BCUT2D eigenvalue weighted by atomic mass is 32.1. The van der Waals surface area contributed by atoms with E-state index >= 15 is 0 Å². The largest absolute Gasteiger partial charge is 0.388 e. The van der Waals surface area contributed by atoms with Crippen LogP contribution in [-0.4, -0.2) is 28.1 Å². The van der Waals surface area contributed by atoms with Crippen molar-refractivity contribution < 1.29 is 14.3 Å². The molecule has 0 unspecified atom stereocenters. The van der Waals surface area contributed by atoms with Gasteiger partial charge in [0.2, 0.25) is 5.91 Å². The summed E-state index contributed by atoms with van der Waals surface area (Å²) in [5.74, 6) is -0.330. The molecule has 1 amide bonds. The molecule has 1 aromatic carbocycles. The van der Waals surface area contributed by atoms with E-state index in [1.165, 1.54) is 23.5 Å². The van der Waals surface area contributed by atoms with Gasteiger partial charge in [-0.3, -0.25) is 4.79 Å². The third-order valence-electron chi connectivity index (χ3n) is 4.41. The molecule has 0 radical (unpaired) electrons. The van der Waals surface area contributed by atoms with Crippen molar-refractivity contribution in [2.45, 2.75) is 44.1 Å². The van der Waals surface area contributed by atoms with E-state index in [0.717, 1.165) is 41.9 Å². The Balaban J connectivity index is 1.48. The first-order chi connectivity index (χ1) is 11.5. The summed E-state index contributed by atoms with van der Waals surface area (Å²) < 4.78 is 12.9. The van der Waals surface area contributed by atoms with Crippen molar-refractivity contribution in [2.24, 2.45) is 0 Å². The lowest BCUT2D eigenvalue weighted by Gasteiger charge is -2.22. The Morgan fingerprint density at radius 2 is 2.00 bits per heavy atom. The van der Waals surface area contributed by atoms with E-state index in [9.17, 15) is 14.3 Å². The Morgan fingerprint density at radius 3 is 2.71 bits per heavy atom. The van der Waals surface area contributed by atoms with Gasteiger partial charge in [0, 0.05) is 30.3 Å². The number of aromatic nitrogens is 1. The van der Waals surface area contributed by atoms with Crippen LogP contribution in [0.15, 0.2) is 29.6 Å². The van der Waals surface area contributed by atoms with Crippen LogP contribution in [0.2, 0.25) is 0 Å². The van der Waals surface area contributed by atoms with Crippen LogP contribution in [0.25, 0.3) is 11.3 Å². The van der Waals surface area contributed by atoms with Gasteiger partial charge in [-0.15, -0.1) is 11.3 Å². The van der Waals surface area contributed by atoms with Gasteiger partial charge >= 0.3 is 0 Å². The molecule has 6 heteroatoms. The number of carbonyl (C=O) groups excluding carboxylic acids is 1. The SMILES string of the molecule is O=C(CCc1nc(-c2ccc(F)cc2)cs1)NCC1(O)CCCC1. The lowest BCUT2D eigenvalue weighted by atomic mass is 10.0. The lowest BCUT2D eigenvalue weighted by molar-refractivity contribution is -0.122. The zero-order chi connectivity index (χ0) is 17.0. The number of hydrogen-bond donors (Lipinski definition) is 2. The number of halogens is 1. The number of thiazole rings is 1. The Bertz CT molecular complexity index is 693. The monoisotopic (exact) mass is 348 g/mol.